The molecule has 0 aromatic heterocycles. The zero-order valence-corrected chi connectivity index (χ0v) is 12.2. The molecule has 1 aromatic rings. The molecule has 98 valence electrons. The summed E-state index contributed by atoms with van der Waals surface area (Å²) in [4.78, 5) is 14.4. The lowest BCUT2D eigenvalue weighted by molar-refractivity contribution is 0.0749. The van der Waals surface area contributed by atoms with Gasteiger partial charge in [-0.15, -0.1) is 0 Å². The van der Waals surface area contributed by atoms with Gasteiger partial charge < -0.3 is 10.6 Å². The Morgan fingerprint density at radius 3 is 2.78 bits per heavy atom. The molecule has 3 nitrogen and oxygen atoms in total. The molecular formula is C14H19BrN2O. The zero-order valence-electron chi connectivity index (χ0n) is 10.7. The molecule has 0 unspecified atom stereocenters. The number of carbonyl (C=O) groups excluding carboxylic acids is 1. The summed E-state index contributed by atoms with van der Waals surface area (Å²) in [6, 6.07) is 5.45. The first kappa shape index (κ1) is 13.4. The van der Waals surface area contributed by atoms with Crippen molar-refractivity contribution in [3.63, 3.8) is 0 Å². The number of hydrogen-bond donors (Lipinski definition) is 1. The summed E-state index contributed by atoms with van der Waals surface area (Å²) in [5.74, 6) is 0.769. The molecule has 0 spiro atoms. The highest BCUT2D eigenvalue weighted by Crippen LogP contribution is 2.30. The summed E-state index contributed by atoms with van der Waals surface area (Å²) in [6.45, 7) is 3.78. The summed E-state index contributed by atoms with van der Waals surface area (Å²) in [5, 5.41) is 0. The number of amides is 1. The molecular weight excluding hydrogens is 292 g/mol. The van der Waals surface area contributed by atoms with Crippen molar-refractivity contribution >= 4 is 27.5 Å². The minimum absolute atomic E-state index is 0.0637. The summed E-state index contributed by atoms with van der Waals surface area (Å²) in [7, 11) is 0. The van der Waals surface area contributed by atoms with Crippen LogP contribution in [0.5, 0.6) is 0 Å². The first-order valence-corrected chi connectivity index (χ1v) is 7.25. The van der Waals surface area contributed by atoms with E-state index in [2.05, 4.69) is 22.9 Å². The Morgan fingerprint density at radius 1 is 1.50 bits per heavy atom. The number of carbonyl (C=O) groups is 1. The van der Waals surface area contributed by atoms with Crippen LogP contribution in [0.2, 0.25) is 0 Å². The van der Waals surface area contributed by atoms with Gasteiger partial charge in [0, 0.05) is 23.2 Å². The molecule has 1 aromatic carbocycles. The van der Waals surface area contributed by atoms with Gasteiger partial charge in [-0.2, -0.15) is 0 Å². The van der Waals surface area contributed by atoms with Gasteiger partial charge in [-0.3, -0.25) is 4.79 Å². The molecule has 1 aliphatic rings. The predicted octanol–water partition coefficient (Wildman–Crippen LogP) is 3.29. The molecule has 1 aliphatic carbocycles. The van der Waals surface area contributed by atoms with Crippen LogP contribution in [0.1, 0.15) is 36.5 Å². The van der Waals surface area contributed by atoms with Gasteiger partial charge >= 0.3 is 0 Å². The average molecular weight is 311 g/mol. The maximum absolute atomic E-state index is 12.5. The highest BCUT2D eigenvalue weighted by Gasteiger charge is 2.27. The molecule has 0 atom stereocenters. The minimum atomic E-state index is 0.0637. The van der Waals surface area contributed by atoms with E-state index in [-0.39, 0.29) is 5.91 Å². The molecule has 0 saturated heterocycles. The number of benzene rings is 1. The molecule has 0 aliphatic heterocycles. The Morgan fingerprint density at radius 2 is 2.22 bits per heavy atom. The number of hydrogen-bond acceptors (Lipinski definition) is 2. The highest BCUT2D eigenvalue weighted by atomic mass is 79.9. The van der Waals surface area contributed by atoms with Crippen LogP contribution in [-0.4, -0.2) is 23.9 Å². The van der Waals surface area contributed by atoms with Gasteiger partial charge in [0.2, 0.25) is 0 Å². The number of nitrogens with two attached hydrogens (primary N) is 1. The number of nitrogens with zero attached hydrogens (tertiary/aromatic N) is 1. The quantitative estimate of drug-likeness (QED) is 0.848. The molecule has 4 heteroatoms. The van der Waals surface area contributed by atoms with Crippen LogP contribution < -0.4 is 5.73 Å². The minimum Gasteiger partial charge on any atom is -0.398 e. The van der Waals surface area contributed by atoms with Crippen molar-refractivity contribution in [2.75, 3.05) is 18.8 Å². The van der Waals surface area contributed by atoms with Crippen LogP contribution in [0.25, 0.3) is 0 Å². The molecule has 1 amide bonds. The molecule has 1 fully saturated rings. The molecule has 2 N–H and O–H groups in total. The van der Waals surface area contributed by atoms with Gasteiger partial charge in [-0.25, -0.2) is 0 Å². The Bertz CT molecular complexity index is 443. The Labute approximate surface area is 116 Å². The van der Waals surface area contributed by atoms with Gasteiger partial charge in [0.25, 0.3) is 5.91 Å². The van der Waals surface area contributed by atoms with E-state index in [1.165, 1.54) is 12.8 Å². The van der Waals surface area contributed by atoms with Crippen molar-refractivity contribution < 1.29 is 4.79 Å². The van der Waals surface area contributed by atoms with Crippen molar-refractivity contribution in [1.82, 2.24) is 4.90 Å². The van der Waals surface area contributed by atoms with Crippen molar-refractivity contribution in [3.8, 4) is 0 Å². The van der Waals surface area contributed by atoms with E-state index in [1.807, 2.05) is 11.0 Å². The monoisotopic (exact) mass is 310 g/mol. The Balaban J connectivity index is 2.15. The van der Waals surface area contributed by atoms with Crippen molar-refractivity contribution in [2.24, 2.45) is 5.92 Å². The van der Waals surface area contributed by atoms with Crippen molar-refractivity contribution in [3.05, 3.63) is 28.2 Å². The zero-order chi connectivity index (χ0) is 13.1. The van der Waals surface area contributed by atoms with Crippen LogP contribution >= 0.6 is 15.9 Å². The maximum Gasteiger partial charge on any atom is 0.255 e. The van der Waals surface area contributed by atoms with E-state index < -0.39 is 0 Å². The largest absolute Gasteiger partial charge is 0.398 e. The Kier molecular flexibility index (Phi) is 4.27. The van der Waals surface area contributed by atoms with Crippen molar-refractivity contribution in [1.29, 1.82) is 0 Å². The van der Waals surface area contributed by atoms with Gasteiger partial charge in [-0.1, -0.05) is 22.9 Å². The molecule has 18 heavy (non-hydrogen) atoms. The summed E-state index contributed by atoms with van der Waals surface area (Å²) < 4.78 is 0.904. The second-order valence-corrected chi connectivity index (χ2v) is 5.84. The third-order valence-electron chi connectivity index (χ3n) is 3.20. The van der Waals surface area contributed by atoms with Gasteiger partial charge in [-0.05, 0) is 43.4 Å². The van der Waals surface area contributed by atoms with Gasteiger partial charge in [0.05, 0.1) is 5.56 Å². The Hall–Kier alpha value is -1.03. The van der Waals surface area contributed by atoms with E-state index in [4.69, 9.17) is 5.73 Å². The third kappa shape index (κ3) is 3.25. The number of rotatable bonds is 5. The van der Waals surface area contributed by atoms with Crippen LogP contribution in [0, 0.1) is 5.92 Å². The fraction of sp³-hybridized carbons (Fsp3) is 0.500. The first-order chi connectivity index (χ1) is 8.61. The topological polar surface area (TPSA) is 46.3 Å². The molecule has 2 rings (SSSR count). The van der Waals surface area contributed by atoms with Crippen LogP contribution in [0.4, 0.5) is 5.69 Å². The summed E-state index contributed by atoms with van der Waals surface area (Å²) in [6.07, 6.45) is 3.49. The van der Waals surface area contributed by atoms with Gasteiger partial charge in [0.1, 0.15) is 0 Å². The first-order valence-electron chi connectivity index (χ1n) is 6.46. The fourth-order valence-corrected chi connectivity index (χ4v) is 2.44. The standard InChI is InChI=1S/C14H19BrN2O/c1-2-7-17(9-10-3-4-10)14(18)12-6-5-11(15)8-13(12)16/h5-6,8,10H,2-4,7,9,16H2,1H3. The lowest BCUT2D eigenvalue weighted by Crippen LogP contribution is -2.34. The fourth-order valence-electron chi connectivity index (χ4n) is 2.06. The second kappa shape index (κ2) is 5.74. The van der Waals surface area contributed by atoms with E-state index >= 15 is 0 Å². The summed E-state index contributed by atoms with van der Waals surface area (Å²) >= 11 is 3.36. The predicted molar refractivity (Wildman–Crippen MR) is 77.5 cm³/mol. The normalized spacial score (nSPS) is 14.6. The number of nitrogen functional groups attached to an aromatic ring is 1. The lowest BCUT2D eigenvalue weighted by Gasteiger charge is -2.22. The third-order valence-corrected chi connectivity index (χ3v) is 3.69. The maximum atomic E-state index is 12.5. The number of anilines is 1. The van der Waals surface area contributed by atoms with Crippen LogP contribution in [0.3, 0.4) is 0 Å². The molecule has 0 heterocycles. The second-order valence-electron chi connectivity index (χ2n) is 4.93. The SMILES string of the molecule is CCCN(CC1CC1)C(=O)c1ccc(Br)cc1N. The lowest BCUT2D eigenvalue weighted by atomic mass is 10.1. The summed E-state index contributed by atoms with van der Waals surface area (Å²) in [5.41, 5.74) is 7.09. The van der Waals surface area contributed by atoms with E-state index in [9.17, 15) is 4.79 Å². The molecule has 1 saturated carbocycles. The smallest absolute Gasteiger partial charge is 0.255 e. The highest BCUT2D eigenvalue weighted by molar-refractivity contribution is 9.10. The van der Waals surface area contributed by atoms with Crippen LogP contribution in [0.15, 0.2) is 22.7 Å². The average Bonchev–Trinajstić information content (AvgIpc) is 3.11. The van der Waals surface area contributed by atoms with Gasteiger partial charge in [0.15, 0.2) is 0 Å². The van der Waals surface area contributed by atoms with E-state index in [1.54, 1.807) is 12.1 Å². The van der Waals surface area contributed by atoms with Crippen molar-refractivity contribution in [2.45, 2.75) is 26.2 Å². The van der Waals surface area contributed by atoms with Crippen LogP contribution in [-0.2, 0) is 0 Å². The van der Waals surface area contributed by atoms with E-state index in [0.717, 1.165) is 24.0 Å². The molecule has 0 bridgehead atoms. The van der Waals surface area contributed by atoms with E-state index in [0.29, 0.717) is 17.2 Å². The molecule has 0 radical (unpaired) electrons. The number of halogens is 1.